The number of nitrogens with one attached hydrogen (secondary N) is 1. The molecule has 2 aromatic rings. The van der Waals surface area contributed by atoms with Gasteiger partial charge >= 0.3 is 0 Å². The lowest BCUT2D eigenvalue weighted by atomic mass is 10.2. The summed E-state index contributed by atoms with van der Waals surface area (Å²) in [6, 6.07) is 9.41. The second-order valence-corrected chi connectivity index (χ2v) is 7.17. The first-order chi connectivity index (χ1) is 12.6. The van der Waals surface area contributed by atoms with Crippen LogP contribution in [0.25, 0.3) is 0 Å². The van der Waals surface area contributed by atoms with Crippen molar-refractivity contribution in [1.29, 1.82) is 0 Å². The Kier molecular flexibility index (Phi) is 5.75. The lowest BCUT2D eigenvalue weighted by molar-refractivity contribution is -0.124. The quantitative estimate of drug-likeness (QED) is 0.797. The third-order valence-corrected chi connectivity index (χ3v) is 4.86. The van der Waals surface area contributed by atoms with Crippen molar-refractivity contribution in [3.05, 3.63) is 40.1 Å². The summed E-state index contributed by atoms with van der Waals surface area (Å²) < 4.78 is 11.2. The van der Waals surface area contributed by atoms with Gasteiger partial charge in [0.05, 0.1) is 19.6 Å². The molecule has 7 nitrogen and oxygen atoms in total. The summed E-state index contributed by atoms with van der Waals surface area (Å²) >= 11 is 1.63. The normalized spacial score (nSPS) is 12.5. The van der Waals surface area contributed by atoms with Crippen LogP contribution in [0.15, 0.2) is 30.3 Å². The molecule has 0 saturated heterocycles. The molecule has 3 rings (SSSR count). The fourth-order valence-electron chi connectivity index (χ4n) is 2.59. The van der Waals surface area contributed by atoms with Gasteiger partial charge in [0.1, 0.15) is 13.2 Å². The minimum Gasteiger partial charge on any atom is -0.486 e. The van der Waals surface area contributed by atoms with Crippen molar-refractivity contribution in [2.24, 2.45) is 5.73 Å². The molecule has 0 bridgehead atoms. The largest absolute Gasteiger partial charge is 0.486 e. The van der Waals surface area contributed by atoms with E-state index in [4.69, 9.17) is 15.2 Å². The molecule has 1 aromatic carbocycles. The fraction of sp³-hybridized carbons (Fsp3) is 0.333. The molecule has 0 spiro atoms. The van der Waals surface area contributed by atoms with E-state index in [1.54, 1.807) is 28.4 Å². The lowest BCUT2D eigenvalue weighted by Gasteiger charge is -2.25. The van der Waals surface area contributed by atoms with Crippen molar-refractivity contribution in [1.82, 2.24) is 5.32 Å². The SMILES string of the molecule is Cc1ccc(CN(C(=O)CNC(=O)CN)c2ccc3c(c2)OCCO3)s1. The van der Waals surface area contributed by atoms with Crippen LogP contribution in [0.5, 0.6) is 11.5 Å². The number of benzene rings is 1. The summed E-state index contributed by atoms with van der Waals surface area (Å²) in [6.07, 6.45) is 0. The predicted molar refractivity (Wildman–Crippen MR) is 99.7 cm³/mol. The molecule has 2 amide bonds. The summed E-state index contributed by atoms with van der Waals surface area (Å²) in [7, 11) is 0. The van der Waals surface area contributed by atoms with E-state index in [9.17, 15) is 9.59 Å². The maximum Gasteiger partial charge on any atom is 0.246 e. The molecule has 0 aliphatic carbocycles. The summed E-state index contributed by atoms with van der Waals surface area (Å²) in [4.78, 5) is 28.0. The van der Waals surface area contributed by atoms with Crippen LogP contribution in [-0.2, 0) is 16.1 Å². The Hall–Kier alpha value is -2.58. The number of carbonyl (C=O) groups excluding carboxylic acids is 2. The van der Waals surface area contributed by atoms with Gasteiger partial charge in [-0.2, -0.15) is 0 Å². The molecule has 0 unspecified atom stereocenters. The van der Waals surface area contributed by atoms with Gasteiger partial charge in [0.25, 0.3) is 0 Å². The average Bonchev–Trinajstić information content (AvgIpc) is 3.08. The Morgan fingerprint density at radius 3 is 2.65 bits per heavy atom. The van der Waals surface area contributed by atoms with Gasteiger partial charge in [-0.25, -0.2) is 0 Å². The average molecular weight is 375 g/mol. The molecule has 1 aliphatic rings. The van der Waals surface area contributed by atoms with Crippen LogP contribution in [0.4, 0.5) is 5.69 Å². The Morgan fingerprint density at radius 1 is 1.19 bits per heavy atom. The summed E-state index contributed by atoms with van der Waals surface area (Å²) in [5, 5.41) is 2.53. The van der Waals surface area contributed by atoms with Gasteiger partial charge in [0.2, 0.25) is 11.8 Å². The Labute approximate surface area is 155 Å². The summed E-state index contributed by atoms with van der Waals surface area (Å²) in [5.74, 6) is 0.678. The Bertz CT molecular complexity index is 805. The third-order valence-electron chi connectivity index (χ3n) is 3.87. The van der Waals surface area contributed by atoms with Crippen LogP contribution in [0.3, 0.4) is 0 Å². The molecule has 1 aliphatic heterocycles. The van der Waals surface area contributed by atoms with Gasteiger partial charge in [0, 0.05) is 21.5 Å². The van der Waals surface area contributed by atoms with E-state index in [0.29, 0.717) is 36.9 Å². The summed E-state index contributed by atoms with van der Waals surface area (Å²) in [5.41, 5.74) is 5.97. The Balaban J connectivity index is 1.84. The molecule has 0 saturated carbocycles. The topological polar surface area (TPSA) is 93.9 Å². The van der Waals surface area contributed by atoms with Crippen LogP contribution in [0.1, 0.15) is 9.75 Å². The highest BCUT2D eigenvalue weighted by atomic mass is 32.1. The van der Waals surface area contributed by atoms with E-state index in [-0.39, 0.29) is 24.9 Å². The van der Waals surface area contributed by atoms with Crippen molar-refractivity contribution >= 4 is 28.8 Å². The number of anilines is 1. The standard InChI is InChI=1S/C18H21N3O4S/c1-12-2-4-14(26-12)11-21(18(23)10-20-17(22)9-19)13-3-5-15-16(8-13)25-7-6-24-15/h2-5,8H,6-7,9-11,19H2,1H3,(H,20,22). The van der Waals surface area contributed by atoms with Crippen molar-refractivity contribution in [3.63, 3.8) is 0 Å². The third kappa shape index (κ3) is 4.33. The van der Waals surface area contributed by atoms with E-state index in [2.05, 4.69) is 5.32 Å². The predicted octanol–water partition coefficient (Wildman–Crippen LogP) is 1.44. The Morgan fingerprint density at radius 2 is 1.96 bits per heavy atom. The molecule has 8 heteroatoms. The minimum atomic E-state index is -0.368. The van der Waals surface area contributed by atoms with Crippen LogP contribution in [0, 0.1) is 6.92 Å². The van der Waals surface area contributed by atoms with Crippen LogP contribution >= 0.6 is 11.3 Å². The molecular weight excluding hydrogens is 354 g/mol. The minimum absolute atomic E-state index is 0.116. The van der Waals surface area contributed by atoms with E-state index >= 15 is 0 Å². The maximum atomic E-state index is 12.7. The van der Waals surface area contributed by atoms with Gasteiger partial charge in [-0.1, -0.05) is 0 Å². The van der Waals surface area contributed by atoms with Crippen molar-refractivity contribution in [3.8, 4) is 11.5 Å². The molecule has 0 radical (unpaired) electrons. The second-order valence-electron chi connectivity index (χ2n) is 5.80. The number of nitrogens with zero attached hydrogens (tertiary/aromatic N) is 1. The maximum absolute atomic E-state index is 12.7. The highest BCUT2D eigenvalue weighted by Gasteiger charge is 2.21. The monoisotopic (exact) mass is 375 g/mol. The number of hydrogen-bond acceptors (Lipinski definition) is 6. The van der Waals surface area contributed by atoms with Gasteiger partial charge in [0.15, 0.2) is 11.5 Å². The number of amides is 2. The first kappa shape index (κ1) is 18.2. The van der Waals surface area contributed by atoms with Crippen LogP contribution in [0.2, 0.25) is 0 Å². The molecule has 0 atom stereocenters. The van der Waals surface area contributed by atoms with Crippen LogP contribution < -0.4 is 25.4 Å². The number of carbonyl (C=O) groups is 2. The zero-order chi connectivity index (χ0) is 18.5. The fourth-order valence-corrected chi connectivity index (χ4v) is 3.47. The molecule has 26 heavy (non-hydrogen) atoms. The molecule has 0 fully saturated rings. The molecule has 3 N–H and O–H groups in total. The van der Waals surface area contributed by atoms with Crippen molar-refractivity contribution in [2.75, 3.05) is 31.2 Å². The first-order valence-electron chi connectivity index (χ1n) is 8.29. The number of fused-ring (bicyclic) bond motifs is 1. The second kappa shape index (κ2) is 8.20. The van der Waals surface area contributed by atoms with Gasteiger partial charge in [-0.15, -0.1) is 11.3 Å². The lowest BCUT2D eigenvalue weighted by Crippen LogP contribution is -2.41. The first-order valence-corrected chi connectivity index (χ1v) is 9.10. The van der Waals surface area contributed by atoms with Gasteiger partial charge in [-0.3, -0.25) is 9.59 Å². The molecule has 1 aromatic heterocycles. The highest BCUT2D eigenvalue weighted by Crippen LogP contribution is 2.34. The molecule has 138 valence electrons. The number of thiophene rings is 1. The van der Waals surface area contributed by atoms with Gasteiger partial charge < -0.3 is 25.4 Å². The van der Waals surface area contributed by atoms with E-state index in [1.807, 2.05) is 25.1 Å². The molecular formula is C18H21N3O4S. The number of aryl methyl sites for hydroxylation is 1. The number of nitrogens with two attached hydrogens (primary N) is 1. The van der Waals surface area contributed by atoms with Crippen molar-refractivity contribution in [2.45, 2.75) is 13.5 Å². The van der Waals surface area contributed by atoms with E-state index < -0.39 is 0 Å². The van der Waals surface area contributed by atoms with E-state index in [0.717, 1.165) is 4.88 Å². The summed E-state index contributed by atoms with van der Waals surface area (Å²) in [6.45, 7) is 3.15. The zero-order valence-corrected chi connectivity index (χ0v) is 15.3. The van der Waals surface area contributed by atoms with Crippen molar-refractivity contribution < 1.29 is 19.1 Å². The zero-order valence-electron chi connectivity index (χ0n) is 14.5. The highest BCUT2D eigenvalue weighted by molar-refractivity contribution is 7.11. The number of hydrogen-bond donors (Lipinski definition) is 2. The van der Waals surface area contributed by atoms with Gasteiger partial charge in [-0.05, 0) is 31.2 Å². The van der Waals surface area contributed by atoms with E-state index in [1.165, 1.54) is 4.88 Å². The number of rotatable bonds is 6. The van der Waals surface area contributed by atoms with Crippen LogP contribution in [-0.4, -0.2) is 38.1 Å². The smallest absolute Gasteiger partial charge is 0.246 e. The molecule has 2 heterocycles. The number of ether oxygens (including phenoxy) is 2.